The number of ether oxygens (including phenoxy) is 1. The van der Waals surface area contributed by atoms with Crippen LogP contribution in [0.4, 0.5) is 0 Å². The Labute approximate surface area is 137 Å². The summed E-state index contributed by atoms with van der Waals surface area (Å²) in [6, 6.07) is 11.0. The molecule has 0 aliphatic carbocycles. The third kappa shape index (κ3) is 3.90. The minimum atomic E-state index is -0.544. The number of hydrogen-bond donors (Lipinski definition) is 2. The molecule has 22 heavy (non-hydrogen) atoms. The summed E-state index contributed by atoms with van der Waals surface area (Å²) in [5, 5.41) is 0.614. The number of hydrogen-bond acceptors (Lipinski definition) is 3. The van der Waals surface area contributed by atoms with Gasteiger partial charge in [0.25, 0.3) is 11.8 Å². The fourth-order valence-corrected chi connectivity index (χ4v) is 2.19. The van der Waals surface area contributed by atoms with Gasteiger partial charge in [-0.05, 0) is 36.4 Å². The Bertz CT molecular complexity index is 720. The van der Waals surface area contributed by atoms with Crippen LogP contribution in [-0.2, 0) is 0 Å². The van der Waals surface area contributed by atoms with Crippen LogP contribution in [-0.4, -0.2) is 18.9 Å². The van der Waals surface area contributed by atoms with Crippen molar-refractivity contribution in [3.05, 3.63) is 63.6 Å². The van der Waals surface area contributed by atoms with Crippen LogP contribution < -0.4 is 15.6 Å². The number of rotatable bonds is 3. The van der Waals surface area contributed by atoms with Crippen LogP contribution >= 0.6 is 23.2 Å². The first kappa shape index (κ1) is 16.1. The highest BCUT2D eigenvalue weighted by Gasteiger charge is 2.12. The molecule has 7 heteroatoms. The topological polar surface area (TPSA) is 67.4 Å². The molecule has 0 atom stereocenters. The van der Waals surface area contributed by atoms with Gasteiger partial charge < -0.3 is 4.74 Å². The van der Waals surface area contributed by atoms with Crippen LogP contribution in [0.2, 0.25) is 10.0 Å². The minimum Gasteiger partial charge on any atom is -0.497 e. The van der Waals surface area contributed by atoms with E-state index < -0.39 is 11.8 Å². The van der Waals surface area contributed by atoms with Crippen molar-refractivity contribution in [1.29, 1.82) is 0 Å². The molecule has 0 radical (unpaired) electrons. The van der Waals surface area contributed by atoms with E-state index in [0.29, 0.717) is 16.3 Å². The molecule has 2 N–H and O–H groups in total. The number of carbonyl (C=O) groups excluding carboxylic acids is 2. The lowest BCUT2D eigenvalue weighted by Crippen LogP contribution is -2.41. The van der Waals surface area contributed by atoms with E-state index in [1.54, 1.807) is 24.3 Å². The van der Waals surface area contributed by atoms with Crippen molar-refractivity contribution in [3.8, 4) is 5.75 Å². The summed E-state index contributed by atoms with van der Waals surface area (Å²) in [6.45, 7) is 0. The van der Waals surface area contributed by atoms with Crippen LogP contribution in [0.3, 0.4) is 0 Å². The predicted molar refractivity (Wildman–Crippen MR) is 84.4 cm³/mol. The summed E-state index contributed by atoms with van der Waals surface area (Å²) in [7, 11) is 1.50. The largest absolute Gasteiger partial charge is 0.497 e. The highest BCUT2D eigenvalue weighted by atomic mass is 35.5. The average molecular weight is 339 g/mol. The summed E-state index contributed by atoms with van der Waals surface area (Å²) in [4.78, 5) is 23.9. The smallest absolute Gasteiger partial charge is 0.271 e. The number of methoxy groups -OCH3 is 1. The second-order valence-corrected chi connectivity index (χ2v) is 5.11. The van der Waals surface area contributed by atoms with E-state index in [0.717, 1.165) is 0 Å². The van der Waals surface area contributed by atoms with E-state index in [-0.39, 0.29) is 10.6 Å². The Hall–Kier alpha value is -2.24. The first-order chi connectivity index (χ1) is 10.5. The van der Waals surface area contributed by atoms with E-state index in [9.17, 15) is 9.59 Å². The predicted octanol–water partition coefficient (Wildman–Crippen LogP) is 3.08. The molecule has 0 aliphatic rings. The molecular weight excluding hydrogens is 327 g/mol. The Morgan fingerprint density at radius 2 is 1.73 bits per heavy atom. The Kier molecular flexibility index (Phi) is 5.25. The molecule has 2 amide bonds. The van der Waals surface area contributed by atoms with Gasteiger partial charge in [0.1, 0.15) is 5.75 Å². The van der Waals surface area contributed by atoms with Gasteiger partial charge in [0.2, 0.25) is 0 Å². The minimum absolute atomic E-state index is 0.195. The van der Waals surface area contributed by atoms with E-state index in [1.807, 2.05) is 0 Å². The number of nitrogens with one attached hydrogen (secondary N) is 2. The van der Waals surface area contributed by atoms with Crippen molar-refractivity contribution >= 4 is 35.0 Å². The lowest BCUT2D eigenvalue weighted by Gasteiger charge is -2.09. The zero-order chi connectivity index (χ0) is 16.1. The molecule has 0 heterocycles. The first-order valence-corrected chi connectivity index (χ1v) is 6.96. The van der Waals surface area contributed by atoms with Crippen molar-refractivity contribution in [2.45, 2.75) is 0 Å². The molecule has 0 spiro atoms. The van der Waals surface area contributed by atoms with Crippen LogP contribution in [0.25, 0.3) is 0 Å². The van der Waals surface area contributed by atoms with Gasteiger partial charge in [-0.3, -0.25) is 20.4 Å². The molecule has 0 aromatic heterocycles. The van der Waals surface area contributed by atoms with Gasteiger partial charge in [-0.15, -0.1) is 0 Å². The molecule has 2 rings (SSSR count). The lowest BCUT2D eigenvalue weighted by atomic mass is 10.2. The Morgan fingerprint density at radius 1 is 1.00 bits per heavy atom. The monoisotopic (exact) mass is 338 g/mol. The lowest BCUT2D eigenvalue weighted by molar-refractivity contribution is 0.0846. The summed E-state index contributed by atoms with van der Waals surface area (Å²) in [5.41, 5.74) is 5.15. The quantitative estimate of drug-likeness (QED) is 0.845. The molecule has 2 aromatic carbocycles. The van der Waals surface area contributed by atoms with Gasteiger partial charge in [-0.2, -0.15) is 0 Å². The second-order valence-electron chi connectivity index (χ2n) is 4.26. The van der Waals surface area contributed by atoms with Crippen molar-refractivity contribution in [2.75, 3.05) is 7.11 Å². The molecule has 5 nitrogen and oxygen atoms in total. The van der Waals surface area contributed by atoms with Gasteiger partial charge >= 0.3 is 0 Å². The maximum Gasteiger partial charge on any atom is 0.271 e. The number of carbonyl (C=O) groups is 2. The third-order valence-corrected chi connectivity index (χ3v) is 3.35. The van der Waals surface area contributed by atoms with Crippen molar-refractivity contribution < 1.29 is 14.3 Å². The Balaban J connectivity index is 2.02. The third-order valence-electron chi connectivity index (χ3n) is 2.80. The van der Waals surface area contributed by atoms with E-state index in [1.165, 1.54) is 25.3 Å². The molecular formula is C15H12Cl2N2O3. The molecule has 114 valence electrons. The summed E-state index contributed by atoms with van der Waals surface area (Å²) in [6.07, 6.45) is 0. The molecule has 0 saturated heterocycles. The highest BCUT2D eigenvalue weighted by Crippen LogP contribution is 2.20. The van der Waals surface area contributed by atoms with Gasteiger partial charge in [0.05, 0.1) is 17.7 Å². The maximum absolute atomic E-state index is 12.0. The fraction of sp³-hybridized carbons (Fsp3) is 0.0667. The maximum atomic E-state index is 12.0. The van der Waals surface area contributed by atoms with Gasteiger partial charge in [0.15, 0.2) is 0 Å². The molecule has 0 aliphatic heterocycles. The van der Waals surface area contributed by atoms with Gasteiger partial charge in [-0.1, -0.05) is 29.3 Å². The van der Waals surface area contributed by atoms with Crippen molar-refractivity contribution in [1.82, 2.24) is 10.9 Å². The number of halogens is 2. The van der Waals surface area contributed by atoms with E-state index in [2.05, 4.69) is 10.9 Å². The number of amides is 2. The van der Waals surface area contributed by atoms with Crippen LogP contribution in [0, 0.1) is 0 Å². The molecule has 0 saturated carbocycles. The SMILES string of the molecule is COc1cccc(C(=O)NNC(=O)c2ccc(Cl)cc2Cl)c1. The number of benzene rings is 2. The highest BCUT2D eigenvalue weighted by molar-refractivity contribution is 6.36. The first-order valence-electron chi connectivity index (χ1n) is 6.21. The molecule has 0 unspecified atom stereocenters. The summed E-state index contributed by atoms with van der Waals surface area (Å²) in [5.74, 6) is -0.477. The number of hydrazine groups is 1. The summed E-state index contributed by atoms with van der Waals surface area (Å²) >= 11 is 11.7. The molecule has 0 bridgehead atoms. The van der Waals surface area contributed by atoms with E-state index >= 15 is 0 Å². The van der Waals surface area contributed by atoms with Crippen LogP contribution in [0.1, 0.15) is 20.7 Å². The standard InChI is InChI=1S/C15H12Cl2N2O3/c1-22-11-4-2-3-9(7-11)14(20)18-19-15(21)12-6-5-10(16)8-13(12)17/h2-8H,1H3,(H,18,20)(H,19,21). The average Bonchev–Trinajstić information content (AvgIpc) is 2.52. The van der Waals surface area contributed by atoms with Crippen molar-refractivity contribution in [2.24, 2.45) is 0 Å². The van der Waals surface area contributed by atoms with Gasteiger partial charge in [0, 0.05) is 10.6 Å². The molecule has 2 aromatic rings. The zero-order valence-electron chi connectivity index (χ0n) is 11.5. The Morgan fingerprint density at radius 3 is 2.41 bits per heavy atom. The molecule has 0 fully saturated rings. The van der Waals surface area contributed by atoms with E-state index in [4.69, 9.17) is 27.9 Å². The fourth-order valence-electron chi connectivity index (χ4n) is 1.69. The normalized spacial score (nSPS) is 9.95. The second kappa shape index (κ2) is 7.15. The van der Waals surface area contributed by atoms with Crippen molar-refractivity contribution in [3.63, 3.8) is 0 Å². The van der Waals surface area contributed by atoms with Crippen LogP contribution in [0.15, 0.2) is 42.5 Å². The van der Waals surface area contributed by atoms with Gasteiger partial charge in [-0.25, -0.2) is 0 Å². The van der Waals surface area contributed by atoms with Crippen LogP contribution in [0.5, 0.6) is 5.75 Å². The zero-order valence-corrected chi connectivity index (χ0v) is 13.0. The summed E-state index contributed by atoms with van der Waals surface area (Å²) < 4.78 is 5.03.